The summed E-state index contributed by atoms with van der Waals surface area (Å²) in [6.07, 6.45) is 9.28. The van der Waals surface area contributed by atoms with Crippen molar-refractivity contribution in [3.8, 4) is 0 Å². The molecule has 8 rings (SSSR count). The van der Waals surface area contributed by atoms with E-state index in [-0.39, 0.29) is 11.3 Å². The molecule has 1 aliphatic carbocycles. The number of para-hydroxylation sites is 2. The number of likely N-dealkylation sites (tertiary alicyclic amines) is 1. The van der Waals surface area contributed by atoms with Crippen molar-refractivity contribution < 1.29 is 4.79 Å². The van der Waals surface area contributed by atoms with Crippen LogP contribution in [0.2, 0.25) is 5.02 Å². The number of imidazole rings is 1. The fourth-order valence-electron chi connectivity index (χ4n) is 9.20. The van der Waals surface area contributed by atoms with Crippen LogP contribution in [0.3, 0.4) is 0 Å². The first-order chi connectivity index (χ1) is 21.5. The lowest BCUT2D eigenvalue weighted by atomic mass is 9.70. The molecule has 4 aliphatic rings. The van der Waals surface area contributed by atoms with Crippen molar-refractivity contribution in [3.63, 3.8) is 0 Å². The van der Waals surface area contributed by atoms with Crippen molar-refractivity contribution in [1.82, 2.24) is 19.4 Å². The second-order valence-corrected chi connectivity index (χ2v) is 14.4. The van der Waals surface area contributed by atoms with Gasteiger partial charge in [0.2, 0.25) is 5.91 Å². The van der Waals surface area contributed by atoms with Gasteiger partial charge in [0.1, 0.15) is 5.82 Å². The van der Waals surface area contributed by atoms with E-state index < -0.39 is 0 Å². The fourth-order valence-corrected chi connectivity index (χ4v) is 9.33. The summed E-state index contributed by atoms with van der Waals surface area (Å²) in [6.45, 7) is 5.05. The summed E-state index contributed by atoms with van der Waals surface area (Å²) < 4.78 is 2.54. The van der Waals surface area contributed by atoms with E-state index in [9.17, 15) is 4.79 Å². The number of amides is 1. The zero-order valence-corrected chi connectivity index (χ0v) is 26.5. The van der Waals surface area contributed by atoms with E-state index in [4.69, 9.17) is 16.6 Å². The van der Waals surface area contributed by atoms with Gasteiger partial charge >= 0.3 is 0 Å². The second kappa shape index (κ2) is 11.3. The van der Waals surface area contributed by atoms with Gasteiger partial charge in [0.15, 0.2) is 0 Å². The van der Waals surface area contributed by atoms with Crippen LogP contribution in [0.1, 0.15) is 80.3 Å². The Labute approximate surface area is 266 Å². The first-order valence-electron chi connectivity index (χ1n) is 16.8. The Morgan fingerprint density at radius 1 is 0.864 bits per heavy atom. The number of nitrogens with zero attached hydrogens (tertiary/aromatic N) is 4. The molecule has 0 radical (unpaired) electrons. The molecule has 1 aromatic heterocycles. The van der Waals surface area contributed by atoms with E-state index in [0.717, 1.165) is 55.3 Å². The van der Waals surface area contributed by atoms with Crippen LogP contribution >= 0.6 is 11.6 Å². The lowest BCUT2D eigenvalue weighted by Crippen LogP contribution is -2.49. The molecule has 3 saturated heterocycles. The molecule has 228 valence electrons. The second-order valence-electron chi connectivity index (χ2n) is 14.0. The van der Waals surface area contributed by atoms with Crippen LogP contribution in [0.5, 0.6) is 0 Å². The van der Waals surface area contributed by atoms with Gasteiger partial charge in [-0.2, -0.15) is 0 Å². The lowest BCUT2D eigenvalue weighted by Gasteiger charge is -2.46. The van der Waals surface area contributed by atoms with Crippen molar-refractivity contribution >= 4 is 28.5 Å². The van der Waals surface area contributed by atoms with Crippen LogP contribution in [-0.4, -0.2) is 57.0 Å². The maximum absolute atomic E-state index is 13.6. The summed E-state index contributed by atoms with van der Waals surface area (Å²) in [4.78, 5) is 23.5. The Bertz CT molecular complexity index is 1630. The number of halogens is 1. The fraction of sp³-hybridized carbons (Fsp3) is 0.474. The molecule has 0 unspecified atom stereocenters. The third-order valence-corrected chi connectivity index (χ3v) is 11.9. The maximum Gasteiger partial charge on any atom is 0.226 e. The van der Waals surface area contributed by atoms with Gasteiger partial charge in [-0.15, -0.1) is 0 Å². The highest BCUT2D eigenvalue weighted by Gasteiger charge is 2.48. The molecule has 4 aromatic rings. The molecule has 0 spiro atoms. The number of carbonyl (C=O) groups excluding carboxylic acids is 1. The number of aromatic nitrogens is 2. The van der Waals surface area contributed by atoms with Crippen molar-refractivity contribution in [2.45, 2.75) is 87.7 Å². The molecule has 4 fully saturated rings. The van der Waals surface area contributed by atoms with Crippen LogP contribution in [-0.2, 0) is 10.2 Å². The maximum atomic E-state index is 13.6. The molecular weight excluding hydrogens is 564 g/mol. The molecular formula is C38H43ClN4O. The van der Waals surface area contributed by atoms with E-state index in [1.165, 1.54) is 48.7 Å². The van der Waals surface area contributed by atoms with Crippen LogP contribution in [0.4, 0.5) is 0 Å². The first-order valence-corrected chi connectivity index (χ1v) is 17.2. The third kappa shape index (κ3) is 5.06. The van der Waals surface area contributed by atoms with Crippen LogP contribution in [0.25, 0.3) is 11.0 Å². The number of carbonyl (C=O) groups is 1. The van der Waals surface area contributed by atoms with Gasteiger partial charge in [-0.25, -0.2) is 4.98 Å². The van der Waals surface area contributed by atoms with Gasteiger partial charge in [0, 0.05) is 42.2 Å². The topological polar surface area (TPSA) is 41.4 Å². The van der Waals surface area contributed by atoms with Gasteiger partial charge in [-0.05, 0) is 112 Å². The smallest absolute Gasteiger partial charge is 0.226 e. The normalized spacial score (nSPS) is 28.0. The van der Waals surface area contributed by atoms with Crippen molar-refractivity contribution in [1.29, 1.82) is 0 Å². The van der Waals surface area contributed by atoms with Crippen molar-refractivity contribution in [3.05, 3.63) is 101 Å². The SMILES string of the molecule is Cc1nc2ccccc2n1[C@H]1C[C@H]2CC[C@@H](C1)N2CCC1(c2ccccc2)CCN(C(=O)[C@H]2C[C@H]2c2ccc(Cl)cc2)CC1. The molecule has 5 nitrogen and oxygen atoms in total. The first kappa shape index (κ1) is 28.3. The average Bonchev–Trinajstić information content (AvgIpc) is 3.72. The summed E-state index contributed by atoms with van der Waals surface area (Å²) in [5, 5.41) is 0.754. The monoisotopic (exact) mass is 606 g/mol. The van der Waals surface area contributed by atoms with Gasteiger partial charge in [0.05, 0.1) is 11.0 Å². The number of hydrogen-bond acceptors (Lipinski definition) is 3. The van der Waals surface area contributed by atoms with E-state index in [2.05, 4.69) is 88.0 Å². The van der Waals surface area contributed by atoms with Gasteiger partial charge in [0.25, 0.3) is 0 Å². The zero-order chi connectivity index (χ0) is 29.8. The van der Waals surface area contributed by atoms with Crippen molar-refractivity contribution in [2.24, 2.45) is 5.92 Å². The molecule has 2 bridgehead atoms. The van der Waals surface area contributed by atoms with E-state index >= 15 is 0 Å². The van der Waals surface area contributed by atoms with E-state index in [1.54, 1.807) is 0 Å². The van der Waals surface area contributed by atoms with Crippen LogP contribution in [0, 0.1) is 12.8 Å². The van der Waals surface area contributed by atoms with E-state index in [0.29, 0.717) is 30.0 Å². The summed E-state index contributed by atoms with van der Waals surface area (Å²) in [5.74, 6) is 1.99. The van der Waals surface area contributed by atoms with E-state index in [1.807, 2.05) is 12.1 Å². The van der Waals surface area contributed by atoms with Gasteiger partial charge in [-0.1, -0.05) is 66.2 Å². The van der Waals surface area contributed by atoms with Crippen molar-refractivity contribution in [2.75, 3.05) is 19.6 Å². The largest absolute Gasteiger partial charge is 0.342 e. The Balaban J connectivity index is 0.943. The number of piperidine rings is 2. The highest BCUT2D eigenvalue weighted by Crippen LogP contribution is 2.50. The number of fused-ring (bicyclic) bond motifs is 3. The molecule has 4 heterocycles. The number of rotatable bonds is 7. The molecule has 5 atom stereocenters. The molecule has 44 heavy (non-hydrogen) atoms. The predicted octanol–water partition coefficient (Wildman–Crippen LogP) is 7.92. The summed E-state index contributed by atoms with van der Waals surface area (Å²) in [6, 6.07) is 29.7. The number of hydrogen-bond donors (Lipinski definition) is 0. The highest BCUT2D eigenvalue weighted by molar-refractivity contribution is 6.30. The lowest BCUT2D eigenvalue weighted by molar-refractivity contribution is -0.134. The Kier molecular flexibility index (Phi) is 7.30. The van der Waals surface area contributed by atoms with Gasteiger partial charge < -0.3 is 9.47 Å². The summed E-state index contributed by atoms with van der Waals surface area (Å²) in [5.41, 5.74) is 5.25. The Morgan fingerprint density at radius 2 is 1.55 bits per heavy atom. The zero-order valence-electron chi connectivity index (χ0n) is 25.7. The molecule has 3 aromatic carbocycles. The van der Waals surface area contributed by atoms with Crippen LogP contribution in [0.15, 0.2) is 78.9 Å². The minimum Gasteiger partial charge on any atom is -0.342 e. The third-order valence-electron chi connectivity index (χ3n) is 11.7. The minimum absolute atomic E-state index is 0.130. The number of benzene rings is 3. The Morgan fingerprint density at radius 3 is 2.27 bits per heavy atom. The molecule has 1 amide bonds. The van der Waals surface area contributed by atoms with Gasteiger partial charge in [-0.3, -0.25) is 9.69 Å². The number of aryl methyl sites for hydroxylation is 1. The quantitative estimate of drug-likeness (QED) is 0.215. The standard InChI is InChI=1S/C38H43ClN4O/c1-26-40-35-9-5-6-10-36(35)43(26)32-23-30-15-16-31(24-32)42(30)22-19-38(28-7-3-2-4-8-28)17-20-41(21-18-38)37(44)34-25-33(34)27-11-13-29(39)14-12-27/h2-14,30-34H,15-25H2,1H3/t30-,31+,32+,33-,34-/m0/s1. The molecule has 0 N–H and O–H groups in total. The Hall–Kier alpha value is -3.15. The minimum atomic E-state index is 0.130. The molecule has 6 heteroatoms. The average molecular weight is 607 g/mol. The molecule has 3 aliphatic heterocycles. The molecule has 1 saturated carbocycles. The van der Waals surface area contributed by atoms with Crippen LogP contribution < -0.4 is 0 Å². The highest BCUT2D eigenvalue weighted by atomic mass is 35.5. The summed E-state index contributed by atoms with van der Waals surface area (Å²) in [7, 11) is 0. The predicted molar refractivity (Wildman–Crippen MR) is 177 cm³/mol. The summed E-state index contributed by atoms with van der Waals surface area (Å²) >= 11 is 6.10.